The number of anilines is 1. The first-order valence-corrected chi connectivity index (χ1v) is 5.72. The van der Waals surface area contributed by atoms with Crippen LogP contribution in [0.15, 0.2) is 18.2 Å². The molecule has 88 valence electrons. The summed E-state index contributed by atoms with van der Waals surface area (Å²) in [5.41, 5.74) is 1.70. The van der Waals surface area contributed by atoms with Crippen LogP contribution in [-0.4, -0.2) is 19.5 Å². The van der Waals surface area contributed by atoms with Gasteiger partial charge in [0.05, 0.1) is 0 Å². The number of halogens is 1. The normalized spacial score (nSPS) is 10.2. The van der Waals surface area contributed by atoms with E-state index in [1.807, 2.05) is 32.2 Å². The molecule has 16 heavy (non-hydrogen) atoms. The molecule has 1 aromatic rings. The Hall–Kier alpha value is -1.06. The maximum absolute atomic E-state index is 11.6. The quantitative estimate of drug-likeness (QED) is 0.777. The minimum absolute atomic E-state index is 0.0283. The van der Waals surface area contributed by atoms with Gasteiger partial charge in [0.15, 0.2) is 0 Å². The smallest absolute Gasteiger partial charge is 0.224 e. The van der Waals surface area contributed by atoms with Gasteiger partial charge in [0, 0.05) is 17.1 Å². The largest absolute Gasteiger partial charge is 0.326 e. The van der Waals surface area contributed by atoms with Crippen LogP contribution in [0.1, 0.15) is 18.4 Å². The van der Waals surface area contributed by atoms with Crippen molar-refractivity contribution >= 4 is 23.2 Å². The second-order valence-electron chi connectivity index (χ2n) is 3.67. The van der Waals surface area contributed by atoms with Crippen LogP contribution in [0.3, 0.4) is 0 Å². The van der Waals surface area contributed by atoms with Crippen LogP contribution < -0.4 is 10.6 Å². The average molecular weight is 241 g/mol. The molecule has 2 N–H and O–H groups in total. The fraction of sp³-hybridized carbons (Fsp3) is 0.417. The Morgan fingerprint density at radius 2 is 2.19 bits per heavy atom. The SMILES string of the molecule is CNCCCC(=O)Nc1cccc(Cl)c1C. The fourth-order valence-corrected chi connectivity index (χ4v) is 1.56. The Labute approximate surface area is 101 Å². The van der Waals surface area contributed by atoms with E-state index in [2.05, 4.69) is 10.6 Å². The van der Waals surface area contributed by atoms with Gasteiger partial charge in [-0.15, -0.1) is 0 Å². The molecular weight excluding hydrogens is 224 g/mol. The van der Waals surface area contributed by atoms with Crippen molar-refractivity contribution in [3.8, 4) is 0 Å². The summed E-state index contributed by atoms with van der Waals surface area (Å²) >= 11 is 5.96. The van der Waals surface area contributed by atoms with Crippen molar-refractivity contribution in [2.45, 2.75) is 19.8 Å². The lowest BCUT2D eigenvalue weighted by molar-refractivity contribution is -0.116. The number of rotatable bonds is 5. The zero-order valence-corrected chi connectivity index (χ0v) is 10.4. The van der Waals surface area contributed by atoms with E-state index in [0.29, 0.717) is 11.4 Å². The molecule has 0 saturated heterocycles. The van der Waals surface area contributed by atoms with Crippen molar-refractivity contribution in [2.24, 2.45) is 0 Å². The van der Waals surface area contributed by atoms with Crippen LogP contribution in [0.5, 0.6) is 0 Å². The minimum atomic E-state index is 0.0283. The summed E-state index contributed by atoms with van der Waals surface area (Å²) in [5.74, 6) is 0.0283. The third kappa shape index (κ3) is 3.83. The monoisotopic (exact) mass is 240 g/mol. The van der Waals surface area contributed by atoms with Crippen molar-refractivity contribution < 1.29 is 4.79 Å². The first kappa shape index (κ1) is 13.0. The minimum Gasteiger partial charge on any atom is -0.326 e. The molecule has 0 unspecified atom stereocenters. The first-order valence-electron chi connectivity index (χ1n) is 5.34. The van der Waals surface area contributed by atoms with Crippen LogP contribution in [-0.2, 0) is 4.79 Å². The number of hydrogen-bond donors (Lipinski definition) is 2. The fourth-order valence-electron chi connectivity index (χ4n) is 1.38. The third-order valence-corrected chi connectivity index (χ3v) is 2.78. The molecule has 0 aliphatic heterocycles. The average Bonchev–Trinajstić information content (AvgIpc) is 2.25. The maximum atomic E-state index is 11.6. The summed E-state index contributed by atoms with van der Waals surface area (Å²) in [6, 6.07) is 5.50. The molecule has 0 heterocycles. The van der Waals surface area contributed by atoms with E-state index in [-0.39, 0.29) is 5.91 Å². The molecule has 1 amide bonds. The van der Waals surface area contributed by atoms with Crippen molar-refractivity contribution in [3.63, 3.8) is 0 Å². The molecule has 0 atom stereocenters. The Bertz CT molecular complexity index is 366. The molecule has 0 aliphatic carbocycles. The zero-order valence-electron chi connectivity index (χ0n) is 9.64. The Morgan fingerprint density at radius 3 is 2.88 bits per heavy atom. The van der Waals surface area contributed by atoms with E-state index >= 15 is 0 Å². The van der Waals surface area contributed by atoms with Crippen LogP contribution in [0, 0.1) is 6.92 Å². The van der Waals surface area contributed by atoms with E-state index < -0.39 is 0 Å². The lowest BCUT2D eigenvalue weighted by Crippen LogP contribution is -2.15. The molecule has 0 saturated carbocycles. The van der Waals surface area contributed by atoms with E-state index in [0.717, 1.165) is 24.2 Å². The predicted octanol–water partition coefficient (Wildman–Crippen LogP) is 2.59. The van der Waals surface area contributed by atoms with Crippen LogP contribution in [0.25, 0.3) is 0 Å². The molecule has 0 aromatic heterocycles. The summed E-state index contributed by atoms with van der Waals surface area (Å²) < 4.78 is 0. The van der Waals surface area contributed by atoms with E-state index in [1.54, 1.807) is 0 Å². The number of hydrogen-bond acceptors (Lipinski definition) is 2. The van der Waals surface area contributed by atoms with Gasteiger partial charge in [-0.2, -0.15) is 0 Å². The molecule has 0 fully saturated rings. The molecular formula is C12H17ClN2O. The summed E-state index contributed by atoms with van der Waals surface area (Å²) in [6.45, 7) is 2.74. The predicted molar refractivity (Wildman–Crippen MR) is 68.0 cm³/mol. The van der Waals surface area contributed by atoms with Gasteiger partial charge in [-0.25, -0.2) is 0 Å². The Balaban J connectivity index is 2.53. The highest BCUT2D eigenvalue weighted by molar-refractivity contribution is 6.31. The van der Waals surface area contributed by atoms with Gasteiger partial charge in [-0.3, -0.25) is 4.79 Å². The molecule has 0 spiro atoms. The molecule has 1 aromatic carbocycles. The number of benzene rings is 1. The maximum Gasteiger partial charge on any atom is 0.224 e. The highest BCUT2D eigenvalue weighted by Crippen LogP contribution is 2.22. The highest BCUT2D eigenvalue weighted by atomic mass is 35.5. The van der Waals surface area contributed by atoms with E-state index in [9.17, 15) is 4.79 Å². The lowest BCUT2D eigenvalue weighted by Gasteiger charge is -2.09. The molecule has 0 radical (unpaired) electrons. The van der Waals surface area contributed by atoms with Crippen LogP contribution in [0.4, 0.5) is 5.69 Å². The summed E-state index contributed by atoms with van der Waals surface area (Å²) in [4.78, 5) is 11.6. The number of carbonyl (C=O) groups excluding carboxylic acids is 1. The van der Waals surface area contributed by atoms with Crippen molar-refractivity contribution in [1.29, 1.82) is 0 Å². The van der Waals surface area contributed by atoms with E-state index in [1.165, 1.54) is 0 Å². The summed E-state index contributed by atoms with van der Waals surface area (Å²) in [7, 11) is 1.87. The van der Waals surface area contributed by atoms with E-state index in [4.69, 9.17) is 11.6 Å². The van der Waals surface area contributed by atoms with Gasteiger partial charge < -0.3 is 10.6 Å². The van der Waals surface area contributed by atoms with Gasteiger partial charge >= 0.3 is 0 Å². The van der Waals surface area contributed by atoms with Crippen molar-refractivity contribution in [1.82, 2.24) is 5.32 Å². The molecule has 1 rings (SSSR count). The zero-order chi connectivity index (χ0) is 12.0. The lowest BCUT2D eigenvalue weighted by atomic mass is 10.2. The number of carbonyl (C=O) groups is 1. The molecule has 3 nitrogen and oxygen atoms in total. The van der Waals surface area contributed by atoms with Gasteiger partial charge in [0.25, 0.3) is 0 Å². The van der Waals surface area contributed by atoms with Crippen LogP contribution >= 0.6 is 11.6 Å². The Morgan fingerprint density at radius 1 is 1.44 bits per heavy atom. The van der Waals surface area contributed by atoms with Crippen molar-refractivity contribution in [3.05, 3.63) is 28.8 Å². The second kappa shape index (κ2) is 6.51. The summed E-state index contributed by atoms with van der Waals surface area (Å²) in [6.07, 6.45) is 1.36. The third-order valence-electron chi connectivity index (χ3n) is 2.37. The van der Waals surface area contributed by atoms with Gasteiger partial charge in [0.1, 0.15) is 0 Å². The second-order valence-corrected chi connectivity index (χ2v) is 4.07. The van der Waals surface area contributed by atoms with Gasteiger partial charge in [-0.05, 0) is 44.6 Å². The molecule has 0 bridgehead atoms. The number of nitrogens with one attached hydrogen (secondary N) is 2. The van der Waals surface area contributed by atoms with Gasteiger partial charge in [-0.1, -0.05) is 17.7 Å². The van der Waals surface area contributed by atoms with Crippen LogP contribution in [0.2, 0.25) is 5.02 Å². The summed E-state index contributed by atoms with van der Waals surface area (Å²) in [5, 5.41) is 6.54. The molecule has 0 aliphatic rings. The number of amides is 1. The Kier molecular flexibility index (Phi) is 5.29. The van der Waals surface area contributed by atoms with Crippen molar-refractivity contribution in [2.75, 3.05) is 18.9 Å². The standard InChI is InChI=1S/C12H17ClN2O/c1-9-10(13)5-3-6-11(9)15-12(16)7-4-8-14-2/h3,5-6,14H,4,7-8H2,1-2H3,(H,15,16). The first-order chi connectivity index (χ1) is 7.65. The molecule has 4 heteroatoms. The highest BCUT2D eigenvalue weighted by Gasteiger charge is 2.05. The topological polar surface area (TPSA) is 41.1 Å². The van der Waals surface area contributed by atoms with Gasteiger partial charge in [0.2, 0.25) is 5.91 Å².